The van der Waals surface area contributed by atoms with Crippen LogP contribution < -0.4 is 4.74 Å². The molecule has 2 rings (SSSR count). The van der Waals surface area contributed by atoms with Gasteiger partial charge in [-0.3, -0.25) is 9.59 Å². The van der Waals surface area contributed by atoms with E-state index in [9.17, 15) is 9.59 Å². The van der Waals surface area contributed by atoms with Crippen molar-refractivity contribution >= 4 is 23.5 Å². The molecule has 1 aromatic rings. The highest BCUT2D eigenvalue weighted by Crippen LogP contribution is 2.25. The molecule has 2 atom stereocenters. The maximum absolute atomic E-state index is 12.1. The number of likely N-dealkylation sites (tertiary alicyclic amines) is 1. The first-order valence-corrected chi connectivity index (χ1v) is 7.27. The molecule has 1 aliphatic heterocycles. The van der Waals surface area contributed by atoms with Gasteiger partial charge in [-0.15, -0.1) is 0 Å². The Morgan fingerprint density at radius 2 is 2.24 bits per heavy atom. The summed E-state index contributed by atoms with van der Waals surface area (Å²) in [5.74, 6) is -0.766. The first kappa shape index (κ1) is 15.6. The van der Waals surface area contributed by atoms with Gasteiger partial charge in [0.25, 0.3) is 0 Å². The summed E-state index contributed by atoms with van der Waals surface area (Å²) in [7, 11) is 0. The van der Waals surface area contributed by atoms with Gasteiger partial charge in [0.15, 0.2) is 0 Å². The fourth-order valence-corrected chi connectivity index (χ4v) is 2.76. The van der Waals surface area contributed by atoms with Gasteiger partial charge in [0.2, 0.25) is 5.91 Å². The van der Waals surface area contributed by atoms with Gasteiger partial charge < -0.3 is 14.7 Å². The third-order valence-electron chi connectivity index (χ3n) is 3.77. The monoisotopic (exact) mass is 311 g/mol. The van der Waals surface area contributed by atoms with Crippen molar-refractivity contribution in [3.63, 3.8) is 0 Å². The second-order valence-corrected chi connectivity index (χ2v) is 5.55. The number of carbonyl (C=O) groups is 2. The van der Waals surface area contributed by atoms with Gasteiger partial charge in [-0.2, -0.15) is 0 Å². The van der Waals surface area contributed by atoms with E-state index in [2.05, 4.69) is 0 Å². The quantitative estimate of drug-likeness (QED) is 0.907. The number of carboxylic acids is 1. The second-order valence-electron chi connectivity index (χ2n) is 5.12. The van der Waals surface area contributed by atoms with E-state index >= 15 is 0 Å². The minimum atomic E-state index is -0.840. The first-order valence-electron chi connectivity index (χ1n) is 6.89. The largest absolute Gasteiger partial charge is 0.493 e. The molecule has 0 spiro atoms. The summed E-state index contributed by atoms with van der Waals surface area (Å²) in [4.78, 5) is 24.8. The average molecular weight is 312 g/mol. The summed E-state index contributed by atoms with van der Waals surface area (Å²) in [5.41, 5.74) is 0. The minimum Gasteiger partial charge on any atom is -0.493 e. The molecule has 1 heterocycles. The van der Waals surface area contributed by atoms with E-state index in [0.717, 1.165) is 0 Å². The normalized spacial score (nSPS) is 21.3. The summed E-state index contributed by atoms with van der Waals surface area (Å²) in [6.45, 7) is 2.52. The van der Waals surface area contributed by atoms with E-state index in [1.807, 2.05) is 0 Å². The standard InChI is InChI=1S/C15H18ClNO4/c1-10-13(15(19)20)5-7-17(10)14(18)6-8-21-12-4-2-3-11(16)9-12/h2-4,9-10,13H,5-8H2,1H3,(H,19,20). The molecule has 0 bridgehead atoms. The molecule has 21 heavy (non-hydrogen) atoms. The number of carboxylic acid groups (broad SMARTS) is 1. The van der Waals surface area contributed by atoms with Gasteiger partial charge in [0, 0.05) is 17.6 Å². The Kier molecular flexibility index (Phi) is 5.07. The van der Waals surface area contributed by atoms with Crippen LogP contribution in [0, 0.1) is 5.92 Å². The Bertz CT molecular complexity index is 534. The Balaban J connectivity index is 1.81. The molecule has 0 radical (unpaired) electrons. The lowest BCUT2D eigenvalue weighted by Crippen LogP contribution is -2.38. The van der Waals surface area contributed by atoms with E-state index in [4.69, 9.17) is 21.4 Å². The van der Waals surface area contributed by atoms with Crippen LogP contribution in [0.4, 0.5) is 0 Å². The molecule has 2 unspecified atom stereocenters. The van der Waals surface area contributed by atoms with Crippen LogP contribution in [0.15, 0.2) is 24.3 Å². The molecule has 1 amide bonds. The lowest BCUT2D eigenvalue weighted by Gasteiger charge is -2.23. The highest BCUT2D eigenvalue weighted by molar-refractivity contribution is 6.30. The third-order valence-corrected chi connectivity index (χ3v) is 4.01. The molecule has 1 aromatic carbocycles. The van der Waals surface area contributed by atoms with Crippen LogP contribution >= 0.6 is 11.6 Å². The minimum absolute atomic E-state index is 0.0757. The summed E-state index contributed by atoms with van der Waals surface area (Å²) in [6.07, 6.45) is 0.737. The number of rotatable bonds is 5. The average Bonchev–Trinajstić information content (AvgIpc) is 2.80. The van der Waals surface area contributed by atoms with Crippen LogP contribution in [0.5, 0.6) is 5.75 Å². The molecule has 1 N–H and O–H groups in total. The van der Waals surface area contributed by atoms with E-state index in [-0.39, 0.29) is 25.0 Å². The predicted octanol–water partition coefficient (Wildman–Crippen LogP) is 2.43. The lowest BCUT2D eigenvalue weighted by molar-refractivity contribution is -0.143. The Morgan fingerprint density at radius 1 is 1.48 bits per heavy atom. The predicted molar refractivity (Wildman–Crippen MR) is 78.5 cm³/mol. The van der Waals surface area contributed by atoms with Crippen molar-refractivity contribution in [3.05, 3.63) is 29.3 Å². The van der Waals surface area contributed by atoms with Gasteiger partial charge in [-0.05, 0) is 31.5 Å². The van der Waals surface area contributed by atoms with E-state index < -0.39 is 11.9 Å². The highest BCUT2D eigenvalue weighted by Gasteiger charge is 2.37. The molecule has 1 saturated heterocycles. The van der Waals surface area contributed by atoms with Crippen LogP contribution in [0.1, 0.15) is 19.8 Å². The van der Waals surface area contributed by atoms with Crippen molar-refractivity contribution in [1.29, 1.82) is 0 Å². The molecule has 0 saturated carbocycles. The third kappa shape index (κ3) is 3.88. The molecule has 1 fully saturated rings. The van der Waals surface area contributed by atoms with Crippen molar-refractivity contribution in [1.82, 2.24) is 4.90 Å². The molecule has 1 aliphatic rings. The van der Waals surface area contributed by atoms with Crippen LogP contribution in [0.25, 0.3) is 0 Å². The summed E-state index contributed by atoms with van der Waals surface area (Å²) >= 11 is 5.84. The van der Waals surface area contributed by atoms with Crippen molar-refractivity contribution in [2.75, 3.05) is 13.2 Å². The Morgan fingerprint density at radius 3 is 2.86 bits per heavy atom. The number of halogens is 1. The SMILES string of the molecule is CC1C(C(=O)O)CCN1C(=O)CCOc1cccc(Cl)c1. The van der Waals surface area contributed by atoms with Gasteiger partial charge in [0.1, 0.15) is 5.75 Å². The lowest BCUT2D eigenvalue weighted by atomic mass is 10.0. The zero-order valence-electron chi connectivity index (χ0n) is 11.8. The van der Waals surface area contributed by atoms with E-state index in [0.29, 0.717) is 23.7 Å². The van der Waals surface area contributed by atoms with Gasteiger partial charge in [0.05, 0.1) is 18.9 Å². The van der Waals surface area contributed by atoms with Crippen molar-refractivity contribution in [3.8, 4) is 5.75 Å². The highest BCUT2D eigenvalue weighted by atomic mass is 35.5. The number of carbonyl (C=O) groups excluding carboxylic acids is 1. The Hall–Kier alpha value is -1.75. The smallest absolute Gasteiger partial charge is 0.308 e. The van der Waals surface area contributed by atoms with Crippen LogP contribution in [-0.4, -0.2) is 41.1 Å². The molecule has 0 aromatic heterocycles. The Labute approximate surface area is 128 Å². The van der Waals surface area contributed by atoms with Crippen molar-refractivity contribution in [2.45, 2.75) is 25.8 Å². The molecule has 5 nitrogen and oxygen atoms in total. The fraction of sp³-hybridized carbons (Fsp3) is 0.467. The summed E-state index contributed by atoms with van der Waals surface area (Å²) in [6, 6.07) is 6.72. The number of aliphatic carboxylic acids is 1. The van der Waals surface area contributed by atoms with Crippen LogP contribution in [-0.2, 0) is 9.59 Å². The second kappa shape index (κ2) is 6.80. The number of ether oxygens (including phenoxy) is 1. The van der Waals surface area contributed by atoms with Crippen LogP contribution in [0.3, 0.4) is 0 Å². The van der Waals surface area contributed by atoms with Crippen molar-refractivity contribution in [2.24, 2.45) is 5.92 Å². The zero-order chi connectivity index (χ0) is 15.4. The van der Waals surface area contributed by atoms with Crippen molar-refractivity contribution < 1.29 is 19.4 Å². The number of nitrogens with zero attached hydrogens (tertiary/aromatic N) is 1. The van der Waals surface area contributed by atoms with Gasteiger partial charge in [-0.25, -0.2) is 0 Å². The number of benzene rings is 1. The zero-order valence-corrected chi connectivity index (χ0v) is 12.5. The van der Waals surface area contributed by atoms with Crippen LogP contribution in [0.2, 0.25) is 5.02 Å². The number of hydrogen-bond acceptors (Lipinski definition) is 3. The molecular weight excluding hydrogens is 294 g/mol. The summed E-state index contributed by atoms with van der Waals surface area (Å²) in [5, 5.41) is 9.64. The van der Waals surface area contributed by atoms with Gasteiger partial charge in [-0.1, -0.05) is 17.7 Å². The molecular formula is C15H18ClNO4. The molecule has 6 heteroatoms. The maximum Gasteiger partial charge on any atom is 0.308 e. The maximum atomic E-state index is 12.1. The first-order chi connectivity index (χ1) is 9.99. The molecule has 0 aliphatic carbocycles. The molecule has 114 valence electrons. The fourth-order valence-electron chi connectivity index (χ4n) is 2.58. The van der Waals surface area contributed by atoms with E-state index in [1.165, 1.54) is 0 Å². The number of amides is 1. The summed E-state index contributed by atoms with van der Waals surface area (Å²) < 4.78 is 5.48. The van der Waals surface area contributed by atoms with E-state index in [1.54, 1.807) is 36.1 Å². The topological polar surface area (TPSA) is 66.8 Å². The van der Waals surface area contributed by atoms with Gasteiger partial charge >= 0.3 is 5.97 Å². The number of hydrogen-bond donors (Lipinski definition) is 1.